The number of benzene rings is 2. The van der Waals surface area contributed by atoms with Gasteiger partial charge in [-0.2, -0.15) is 4.31 Å². The fourth-order valence-electron chi connectivity index (χ4n) is 3.86. The minimum Gasteiger partial charge on any atom is -0.321 e. The fraction of sp³-hybridized carbons (Fsp3) is 0.250. The summed E-state index contributed by atoms with van der Waals surface area (Å²) in [5.41, 5.74) is 0.951. The van der Waals surface area contributed by atoms with Crippen molar-refractivity contribution in [3.63, 3.8) is 0 Å². The highest BCUT2D eigenvalue weighted by Crippen LogP contribution is 2.24. The summed E-state index contributed by atoms with van der Waals surface area (Å²) < 4.78 is 29.2. The van der Waals surface area contributed by atoms with Crippen molar-refractivity contribution in [1.29, 1.82) is 0 Å². The van der Waals surface area contributed by atoms with E-state index in [1.54, 1.807) is 24.3 Å². The molecule has 1 aliphatic rings. The van der Waals surface area contributed by atoms with Crippen LogP contribution in [0.5, 0.6) is 0 Å². The molecule has 1 fully saturated rings. The lowest BCUT2D eigenvalue weighted by molar-refractivity contribution is 0.102. The summed E-state index contributed by atoms with van der Waals surface area (Å²) in [4.78, 5) is 25.4. The Hall–Kier alpha value is -2.94. The molecule has 9 heteroatoms. The maximum absolute atomic E-state index is 13.2. The highest BCUT2D eigenvalue weighted by atomic mass is 35.5. The number of nitrogens with zero attached hydrogens (tertiary/aromatic N) is 2. The van der Waals surface area contributed by atoms with Gasteiger partial charge in [0.05, 0.1) is 22.7 Å². The van der Waals surface area contributed by atoms with Gasteiger partial charge >= 0.3 is 0 Å². The fourth-order valence-corrected chi connectivity index (χ4v) is 5.76. The molecule has 1 aromatic heterocycles. The average molecular weight is 486 g/mol. The summed E-state index contributed by atoms with van der Waals surface area (Å²) in [7, 11) is -3.79. The predicted molar refractivity (Wildman–Crippen MR) is 128 cm³/mol. The molecule has 33 heavy (non-hydrogen) atoms. The van der Waals surface area contributed by atoms with E-state index in [9.17, 15) is 18.0 Å². The third-order valence-corrected chi connectivity index (χ3v) is 7.93. The zero-order valence-electron chi connectivity index (χ0n) is 17.9. The van der Waals surface area contributed by atoms with Gasteiger partial charge < -0.3 is 9.88 Å². The van der Waals surface area contributed by atoms with Gasteiger partial charge in [0.25, 0.3) is 11.5 Å². The third-order valence-electron chi connectivity index (χ3n) is 5.60. The number of piperidine rings is 1. The molecule has 4 rings (SSSR count). The minimum absolute atomic E-state index is 0.0196. The largest absolute Gasteiger partial charge is 0.321 e. The summed E-state index contributed by atoms with van der Waals surface area (Å²) in [6, 6.07) is 16.2. The Kier molecular flexibility index (Phi) is 6.97. The van der Waals surface area contributed by atoms with Crippen LogP contribution < -0.4 is 10.9 Å². The third kappa shape index (κ3) is 5.19. The van der Waals surface area contributed by atoms with E-state index in [4.69, 9.17) is 11.6 Å². The first-order valence-electron chi connectivity index (χ1n) is 10.7. The topological polar surface area (TPSA) is 88.5 Å². The van der Waals surface area contributed by atoms with Crippen molar-refractivity contribution in [2.24, 2.45) is 0 Å². The summed E-state index contributed by atoms with van der Waals surface area (Å²) in [5, 5.41) is 3.26. The van der Waals surface area contributed by atoms with Crippen LogP contribution in [0.4, 0.5) is 5.69 Å². The molecule has 0 bridgehead atoms. The molecular formula is C24H24ClN3O4S. The molecule has 0 atom stereocenters. The molecule has 1 N–H and O–H groups in total. The zero-order valence-corrected chi connectivity index (χ0v) is 19.5. The molecule has 1 aliphatic heterocycles. The van der Waals surface area contributed by atoms with Crippen molar-refractivity contribution in [3.8, 4) is 0 Å². The SMILES string of the molecule is O=C(Nc1ccc(=O)n(Cc2ccccc2Cl)c1)c1ccccc1S(=O)(=O)N1CCCCC1. The monoisotopic (exact) mass is 485 g/mol. The van der Waals surface area contributed by atoms with Crippen LogP contribution in [-0.4, -0.2) is 36.3 Å². The van der Waals surface area contributed by atoms with E-state index in [1.807, 2.05) is 12.1 Å². The van der Waals surface area contributed by atoms with E-state index in [1.165, 1.54) is 39.3 Å². The molecule has 7 nitrogen and oxygen atoms in total. The van der Waals surface area contributed by atoms with Gasteiger partial charge in [-0.15, -0.1) is 0 Å². The Labute approximate surface area is 197 Å². The maximum Gasteiger partial charge on any atom is 0.257 e. The molecular weight excluding hydrogens is 462 g/mol. The van der Waals surface area contributed by atoms with Crippen LogP contribution in [0.2, 0.25) is 5.02 Å². The molecule has 0 spiro atoms. The van der Waals surface area contributed by atoms with Crippen LogP contribution in [-0.2, 0) is 16.6 Å². The van der Waals surface area contributed by atoms with Crippen LogP contribution in [0.3, 0.4) is 0 Å². The van der Waals surface area contributed by atoms with Crippen molar-refractivity contribution >= 4 is 33.2 Å². The normalized spacial score (nSPS) is 14.7. The number of carbonyl (C=O) groups is 1. The van der Waals surface area contributed by atoms with Gasteiger partial charge in [0.1, 0.15) is 0 Å². The van der Waals surface area contributed by atoms with Crippen LogP contribution in [0.1, 0.15) is 35.2 Å². The molecule has 0 saturated carbocycles. The van der Waals surface area contributed by atoms with Gasteiger partial charge in [-0.05, 0) is 42.7 Å². The smallest absolute Gasteiger partial charge is 0.257 e. The Morgan fingerprint density at radius 1 is 0.939 bits per heavy atom. The van der Waals surface area contributed by atoms with E-state index in [2.05, 4.69) is 5.32 Å². The van der Waals surface area contributed by atoms with Crippen LogP contribution in [0, 0.1) is 0 Å². The number of carbonyl (C=O) groups excluding carboxylic acids is 1. The number of rotatable bonds is 6. The molecule has 0 unspecified atom stereocenters. The van der Waals surface area contributed by atoms with Crippen LogP contribution >= 0.6 is 11.6 Å². The Morgan fingerprint density at radius 2 is 1.64 bits per heavy atom. The van der Waals surface area contributed by atoms with E-state index in [0.29, 0.717) is 23.8 Å². The lowest BCUT2D eigenvalue weighted by Gasteiger charge is -2.26. The Morgan fingerprint density at radius 3 is 2.39 bits per heavy atom. The first-order chi connectivity index (χ1) is 15.9. The quantitative estimate of drug-likeness (QED) is 0.572. The molecule has 172 valence electrons. The molecule has 3 aromatic rings. The summed E-state index contributed by atoms with van der Waals surface area (Å²) >= 11 is 6.21. The molecule has 0 radical (unpaired) electrons. The lowest BCUT2D eigenvalue weighted by Crippen LogP contribution is -2.36. The van der Waals surface area contributed by atoms with E-state index >= 15 is 0 Å². The second-order valence-electron chi connectivity index (χ2n) is 7.89. The number of hydrogen-bond donors (Lipinski definition) is 1. The van der Waals surface area contributed by atoms with Crippen LogP contribution in [0.15, 0.2) is 76.6 Å². The Bertz CT molecular complexity index is 1330. The van der Waals surface area contributed by atoms with Gasteiger partial charge in [-0.1, -0.05) is 48.4 Å². The molecule has 0 aliphatic carbocycles. The van der Waals surface area contributed by atoms with Gasteiger partial charge in [-0.25, -0.2) is 8.42 Å². The second-order valence-corrected chi connectivity index (χ2v) is 10.2. The minimum atomic E-state index is -3.79. The lowest BCUT2D eigenvalue weighted by atomic mass is 10.2. The van der Waals surface area contributed by atoms with Gasteiger partial charge in [0.15, 0.2) is 0 Å². The van der Waals surface area contributed by atoms with Gasteiger partial charge in [0, 0.05) is 30.4 Å². The number of pyridine rings is 1. The molecule has 1 amide bonds. The summed E-state index contributed by atoms with van der Waals surface area (Å²) in [6.45, 7) is 1.14. The highest BCUT2D eigenvalue weighted by molar-refractivity contribution is 7.89. The standard InChI is InChI=1S/C24H24ClN3O4S/c25-21-10-4-2-8-18(21)16-27-17-19(12-13-23(27)29)26-24(30)20-9-3-5-11-22(20)33(31,32)28-14-6-1-7-15-28/h2-5,8-13,17H,1,6-7,14-16H2,(H,26,30). The van der Waals surface area contributed by atoms with Crippen molar-refractivity contribution in [1.82, 2.24) is 8.87 Å². The van der Waals surface area contributed by atoms with E-state index in [0.717, 1.165) is 24.8 Å². The average Bonchev–Trinajstić information content (AvgIpc) is 2.83. The first-order valence-corrected chi connectivity index (χ1v) is 12.5. The van der Waals surface area contributed by atoms with Crippen molar-refractivity contribution in [2.75, 3.05) is 18.4 Å². The van der Waals surface area contributed by atoms with E-state index < -0.39 is 15.9 Å². The highest BCUT2D eigenvalue weighted by Gasteiger charge is 2.29. The summed E-state index contributed by atoms with van der Waals surface area (Å²) in [5.74, 6) is -0.561. The van der Waals surface area contributed by atoms with Crippen LogP contribution in [0.25, 0.3) is 0 Å². The number of hydrogen-bond acceptors (Lipinski definition) is 4. The Balaban J connectivity index is 1.60. The number of aromatic nitrogens is 1. The number of anilines is 1. The zero-order chi connectivity index (χ0) is 23.4. The molecule has 2 aromatic carbocycles. The molecule has 1 saturated heterocycles. The van der Waals surface area contributed by atoms with Crippen molar-refractivity contribution in [2.45, 2.75) is 30.7 Å². The molecule has 2 heterocycles. The number of nitrogens with one attached hydrogen (secondary N) is 1. The number of sulfonamides is 1. The second kappa shape index (κ2) is 9.91. The number of halogens is 1. The van der Waals surface area contributed by atoms with E-state index in [-0.39, 0.29) is 22.6 Å². The van der Waals surface area contributed by atoms with Gasteiger partial charge in [-0.3, -0.25) is 9.59 Å². The maximum atomic E-state index is 13.2. The van der Waals surface area contributed by atoms with Gasteiger partial charge in [0.2, 0.25) is 10.0 Å². The summed E-state index contributed by atoms with van der Waals surface area (Å²) in [6.07, 6.45) is 4.13. The number of amides is 1. The predicted octanol–water partition coefficient (Wildman–Crippen LogP) is 3.98. The van der Waals surface area contributed by atoms with Crippen molar-refractivity contribution < 1.29 is 13.2 Å². The van der Waals surface area contributed by atoms with Crippen molar-refractivity contribution in [3.05, 3.63) is 93.4 Å². The first kappa shape index (κ1) is 23.2.